The van der Waals surface area contributed by atoms with Gasteiger partial charge in [0.15, 0.2) is 6.10 Å². The number of hydrogen-bond acceptors (Lipinski definition) is 6. The number of allylic oxidation sites excluding steroid dienone is 6. The summed E-state index contributed by atoms with van der Waals surface area (Å²) in [4.78, 5) is 37.7. The standard InChI is InChI=1S/C49H88O6/c1-4-7-10-13-16-19-21-23-25-27-30-33-36-39-42-48(51)54-45-46(44-53-47(50)41-38-35-32-29-18-15-12-9-6-3)55-49(52)43-40-37-34-31-28-26-24-22-20-17-14-11-8-5-2/h9,12,18,25,27,29,46H,4-8,10-11,13-17,19-24,26,28,30-45H2,1-3H3/b12-9-,27-25-,29-18-. The van der Waals surface area contributed by atoms with Crippen LogP contribution in [0.3, 0.4) is 0 Å². The first-order valence-electron chi connectivity index (χ1n) is 23.5. The predicted octanol–water partition coefficient (Wildman–Crippen LogP) is 15.0. The second-order valence-electron chi connectivity index (χ2n) is 15.6. The van der Waals surface area contributed by atoms with Crippen LogP contribution in [0, 0.1) is 0 Å². The quantitative estimate of drug-likeness (QED) is 0.0266. The Morgan fingerprint density at radius 3 is 1.16 bits per heavy atom. The van der Waals surface area contributed by atoms with Crippen LogP contribution in [-0.4, -0.2) is 37.2 Å². The van der Waals surface area contributed by atoms with Crippen LogP contribution in [0.4, 0.5) is 0 Å². The van der Waals surface area contributed by atoms with Gasteiger partial charge in [-0.2, -0.15) is 0 Å². The van der Waals surface area contributed by atoms with Crippen molar-refractivity contribution in [1.82, 2.24) is 0 Å². The summed E-state index contributed by atoms with van der Waals surface area (Å²) in [5.74, 6) is -0.936. The third kappa shape index (κ3) is 42.6. The lowest BCUT2D eigenvalue weighted by Crippen LogP contribution is -2.30. The molecule has 6 nitrogen and oxygen atoms in total. The number of unbranched alkanes of at least 4 members (excludes halogenated alkanes) is 25. The van der Waals surface area contributed by atoms with Crippen molar-refractivity contribution in [2.45, 2.75) is 245 Å². The van der Waals surface area contributed by atoms with Crippen LogP contribution in [-0.2, 0) is 28.6 Å². The maximum atomic E-state index is 12.7. The Bertz CT molecular complexity index is 938. The fraction of sp³-hybridized carbons (Fsp3) is 0.816. The summed E-state index contributed by atoms with van der Waals surface area (Å²) in [5, 5.41) is 0. The summed E-state index contributed by atoms with van der Waals surface area (Å²) in [6, 6.07) is 0. The molecule has 0 spiro atoms. The summed E-state index contributed by atoms with van der Waals surface area (Å²) in [5.41, 5.74) is 0. The lowest BCUT2D eigenvalue weighted by atomic mass is 10.0. The van der Waals surface area contributed by atoms with Gasteiger partial charge in [-0.3, -0.25) is 14.4 Å². The second kappa shape index (κ2) is 44.3. The molecule has 6 heteroatoms. The Kier molecular flexibility index (Phi) is 42.4. The highest BCUT2D eigenvalue weighted by Gasteiger charge is 2.19. The summed E-state index contributed by atoms with van der Waals surface area (Å²) in [7, 11) is 0. The van der Waals surface area contributed by atoms with Crippen LogP contribution in [0.25, 0.3) is 0 Å². The van der Waals surface area contributed by atoms with Gasteiger partial charge >= 0.3 is 17.9 Å². The van der Waals surface area contributed by atoms with Gasteiger partial charge in [0.2, 0.25) is 0 Å². The third-order valence-corrected chi connectivity index (χ3v) is 10.1. The summed E-state index contributed by atoms with van der Waals surface area (Å²) >= 11 is 0. The van der Waals surface area contributed by atoms with Gasteiger partial charge in [-0.05, 0) is 70.6 Å². The molecule has 0 heterocycles. The maximum Gasteiger partial charge on any atom is 0.306 e. The largest absolute Gasteiger partial charge is 0.462 e. The molecule has 0 aliphatic rings. The van der Waals surface area contributed by atoms with Crippen molar-refractivity contribution in [2.75, 3.05) is 13.2 Å². The molecular weight excluding hydrogens is 685 g/mol. The third-order valence-electron chi connectivity index (χ3n) is 10.1. The van der Waals surface area contributed by atoms with Crippen molar-refractivity contribution in [1.29, 1.82) is 0 Å². The van der Waals surface area contributed by atoms with E-state index in [4.69, 9.17) is 14.2 Å². The van der Waals surface area contributed by atoms with E-state index >= 15 is 0 Å². The topological polar surface area (TPSA) is 78.9 Å². The molecule has 0 rings (SSSR count). The first-order chi connectivity index (χ1) is 27.0. The lowest BCUT2D eigenvalue weighted by molar-refractivity contribution is -0.167. The van der Waals surface area contributed by atoms with Crippen LogP contribution in [0.15, 0.2) is 36.5 Å². The van der Waals surface area contributed by atoms with Gasteiger partial charge in [0.1, 0.15) is 13.2 Å². The molecule has 0 aliphatic heterocycles. The average Bonchev–Trinajstić information content (AvgIpc) is 3.18. The van der Waals surface area contributed by atoms with Gasteiger partial charge in [0.25, 0.3) is 0 Å². The van der Waals surface area contributed by atoms with Gasteiger partial charge in [0, 0.05) is 19.3 Å². The minimum atomic E-state index is -0.785. The van der Waals surface area contributed by atoms with Gasteiger partial charge in [-0.15, -0.1) is 0 Å². The Morgan fingerprint density at radius 2 is 0.709 bits per heavy atom. The molecule has 0 saturated carbocycles. The van der Waals surface area contributed by atoms with E-state index in [1.165, 1.54) is 116 Å². The molecule has 55 heavy (non-hydrogen) atoms. The van der Waals surface area contributed by atoms with E-state index in [1.54, 1.807) is 0 Å². The van der Waals surface area contributed by atoms with Crippen molar-refractivity contribution in [3.63, 3.8) is 0 Å². The van der Waals surface area contributed by atoms with Crippen molar-refractivity contribution >= 4 is 17.9 Å². The molecule has 1 unspecified atom stereocenters. The van der Waals surface area contributed by atoms with Gasteiger partial charge < -0.3 is 14.2 Å². The summed E-state index contributed by atoms with van der Waals surface area (Å²) < 4.78 is 16.7. The Hall–Kier alpha value is -2.37. The van der Waals surface area contributed by atoms with Crippen LogP contribution in [0.1, 0.15) is 239 Å². The number of esters is 3. The Morgan fingerprint density at radius 1 is 0.382 bits per heavy atom. The molecule has 1 atom stereocenters. The van der Waals surface area contributed by atoms with Crippen molar-refractivity contribution in [3.8, 4) is 0 Å². The maximum absolute atomic E-state index is 12.7. The van der Waals surface area contributed by atoms with E-state index in [0.717, 1.165) is 83.5 Å². The van der Waals surface area contributed by atoms with Crippen molar-refractivity contribution in [2.24, 2.45) is 0 Å². The van der Waals surface area contributed by atoms with Crippen LogP contribution in [0.2, 0.25) is 0 Å². The molecule has 0 fully saturated rings. The monoisotopic (exact) mass is 773 g/mol. The molecular formula is C49H88O6. The number of carbonyl (C=O) groups excluding carboxylic acids is 3. The minimum absolute atomic E-state index is 0.0881. The predicted molar refractivity (Wildman–Crippen MR) is 233 cm³/mol. The van der Waals surface area contributed by atoms with E-state index < -0.39 is 6.10 Å². The van der Waals surface area contributed by atoms with E-state index in [-0.39, 0.29) is 31.1 Å². The van der Waals surface area contributed by atoms with Crippen LogP contribution in [0.5, 0.6) is 0 Å². The average molecular weight is 773 g/mol. The van der Waals surface area contributed by atoms with E-state index in [0.29, 0.717) is 19.3 Å². The molecule has 0 aromatic heterocycles. The van der Waals surface area contributed by atoms with Crippen molar-refractivity contribution < 1.29 is 28.6 Å². The lowest BCUT2D eigenvalue weighted by Gasteiger charge is -2.18. The zero-order valence-electron chi connectivity index (χ0n) is 36.4. The Labute approximate surface area is 340 Å². The van der Waals surface area contributed by atoms with Gasteiger partial charge in [0.05, 0.1) is 0 Å². The molecule has 0 aliphatic carbocycles. The first-order valence-corrected chi connectivity index (χ1v) is 23.5. The molecule has 0 radical (unpaired) electrons. The first kappa shape index (κ1) is 52.6. The molecule has 320 valence electrons. The van der Waals surface area contributed by atoms with Crippen LogP contribution < -0.4 is 0 Å². The van der Waals surface area contributed by atoms with Gasteiger partial charge in [-0.25, -0.2) is 0 Å². The zero-order chi connectivity index (χ0) is 40.1. The second-order valence-corrected chi connectivity index (χ2v) is 15.6. The smallest absolute Gasteiger partial charge is 0.306 e. The summed E-state index contributed by atoms with van der Waals surface area (Å²) in [6.07, 6.45) is 50.0. The molecule has 0 aromatic carbocycles. The molecule has 0 aromatic rings. The number of carbonyl (C=O) groups is 3. The highest BCUT2D eigenvalue weighted by molar-refractivity contribution is 5.71. The van der Waals surface area contributed by atoms with Crippen molar-refractivity contribution in [3.05, 3.63) is 36.5 Å². The normalized spacial score (nSPS) is 12.3. The molecule has 0 bridgehead atoms. The van der Waals surface area contributed by atoms with E-state index in [1.807, 2.05) is 0 Å². The highest BCUT2D eigenvalue weighted by atomic mass is 16.6. The molecule has 0 amide bonds. The fourth-order valence-electron chi connectivity index (χ4n) is 6.59. The number of ether oxygens (including phenoxy) is 3. The number of hydrogen-bond donors (Lipinski definition) is 0. The highest BCUT2D eigenvalue weighted by Crippen LogP contribution is 2.15. The number of rotatable bonds is 42. The van der Waals surface area contributed by atoms with E-state index in [9.17, 15) is 14.4 Å². The summed E-state index contributed by atoms with van der Waals surface area (Å²) in [6.45, 7) is 6.47. The SMILES string of the molecule is CC/C=C\C/C=C\CCCCC(=O)OCC(COC(=O)CCCCC/C=C\CCCCCCCCC)OC(=O)CCCCCCCCCCCCCCCC. The zero-order valence-corrected chi connectivity index (χ0v) is 36.4. The molecule has 0 N–H and O–H groups in total. The fourth-order valence-corrected chi connectivity index (χ4v) is 6.59. The Balaban J connectivity index is 4.37. The van der Waals surface area contributed by atoms with Gasteiger partial charge in [-0.1, -0.05) is 186 Å². The van der Waals surface area contributed by atoms with E-state index in [2.05, 4.69) is 57.2 Å². The van der Waals surface area contributed by atoms with Crippen LogP contribution >= 0.6 is 0 Å². The minimum Gasteiger partial charge on any atom is -0.462 e. The molecule has 0 saturated heterocycles.